The van der Waals surface area contributed by atoms with Gasteiger partial charge in [-0.3, -0.25) is 9.59 Å². The minimum absolute atomic E-state index is 0.0316. The lowest BCUT2D eigenvalue weighted by Crippen LogP contribution is -2.54. The van der Waals surface area contributed by atoms with Crippen molar-refractivity contribution in [3.63, 3.8) is 0 Å². The van der Waals surface area contributed by atoms with Gasteiger partial charge in [0.05, 0.1) is 5.41 Å². The van der Waals surface area contributed by atoms with E-state index >= 15 is 0 Å². The van der Waals surface area contributed by atoms with Crippen LogP contribution in [-0.4, -0.2) is 23.0 Å². The number of carbonyl (C=O) groups excluding carboxylic acids is 2. The van der Waals surface area contributed by atoms with Crippen LogP contribution in [0.2, 0.25) is 0 Å². The Kier molecular flexibility index (Phi) is 6.31. The molecule has 7 heteroatoms. The normalized spacial score (nSPS) is 23.2. The Morgan fingerprint density at radius 3 is 2.26 bits per heavy atom. The average molecular weight is 517 g/mol. The number of halogens is 3. The number of aromatic hydroxyl groups is 1. The van der Waals surface area contributed by atoms with E-state index in [1.54, 1.807) is 60.7 Å². The van der Waals surface area contributed by atoms with E-state index in [2.05, 4.69) is 11.3 Å². The Morgan fingerprint density at radius 1 is 0.974 bits per heavy atom. The van der Waals surface area contributed by atoms with Crippen molar-refractivity contribution in [2.75, 3.05) is 0 Å². The highest BCUT2D eigenvalue weighted by Gasteiger charge is 2.59. The third kappa shape index (κ3) is 4.14. The van der Waals surface area contributed by atoms with Crippen molar-refractivity contribution in [1.82, 2.24) is 0 Å². The van der Waals surface area contributed by atoms with E-state index in [1.165, 1.54) is 12.2 Å². The van der Waals surface area contributed by atoms with Crippen molar-refractivity contribution in [3.05, 3.63) is 126 Å². The lowest BCUT2D eigenvalue weighted by molar-refractivity contribution is -0.274. The molecule has 0 saturated carbocycles. The molecular formula is C31H23F3O4. The van der Waals surface area contributed by atoms with E-state index in [-0.39, 0.29) is 34.9 Å². The fourth-order valence-corrected chi connectivity index (χ4v) is 5.81. The average Bonchev–Trinajstić information content (AvgIpc) is 2.91. The Labute approximate surface area is 217 Å². The number of phenolic OH excluding ortho intramolecular Hbond substituents is 1. The summed E-state index contributed by atoms with van der Waals surface area (Å²) in [4.78, 5) is 28.5. The Morgan fingerprint density at radius 2 is 1.63 bits per heavy atom. The summed E-state index contributed by atoms with van der Waals surface area (Å²) < 4.78 is 43.3. The number of allylic oxidation sites excluding steroid dienone is 5. The zero-order chi connectivity index (χ0) is 27.1. The summed E-state index contributed by atoms with van der Waals surface area (Å²) >= 11 is 0. The quantitative estimate of drug-likeness (QED) is 0.411. The smallest absolute Gasteiger partial charge is 0.508 e. The molecule has 3 aromatic rings. The lowest BCUT2D eigenvalue weighted by Gasteiger charge is -2.49. The van der Waals surface area contributed by atoms with Gasteiger partial charge in [0.1, 0.15) is 11.5 Å². The molecule has 192 valence electrons. The molecule has 0 radical (unpaired) electrons. The standard InChI is InChI=1S/C31H23F3O4/c1-2-19-13-15-25-29(37)23(20-9-5-3-6-10-20)18-27(36)30(25,21-11-7-4-8-12-21)28(19)24-17-22(14-16-26(24)35)38-31(32,33)34/h2-14,16-18,25,28,35H,1,15H2/t25-,28+,30-/m0/s1. The van der Waals surface area contributed by atoms with Crippen LogP contribution in [0, 0.1) is 5.92 Å². The van der Waals surface area contributed by atoms with Crippen LogP contribution in [0.4, 0.5) is 13.2 Å². The number of Topliss-reactive ketones (excluding diaryl/α,β-unsaturated/α-hetero) is 1. The van der Waals surface area contributed by atoms with E-state index in [0.717, 1.165) is 18.2 Å². The molecule has 0 aliphatic heterocycles. The molecule has 0 aromatic heterocycles. The van der Waals surface area contributed by atoms with Gasteiger partial charge >= 0.3 is 6.36 Å². The molecule has 0 unspecified atom stereocenters. The van der Waals surface area contributed by atoms with Gasteiger partial charge in [0, 0.05) is 23.0 Å². The molecule has 2 aliphatic carbocycles. The molecule has 0 heterocycles. The molecule has 2 aliphatic rings. The maximum atomic E-state index is 14.4. The van der Waals surface area contributed by atoms with E-state index in [4.69, 9.17) is 0 Å². The fraction of sp³-hybridized carbons (Fsp3) is 0.161. The number of ketones is 2. The van der Waals surface area contributed by atoms with Crippen molar-refractivity contribution in [1.29, 1.82) is 0 Å². The van der Waals surface area contributed by atoms with Crippen molar-refractivity contribution < 1.29 is 32.6 Å². The van der Waals surface area contributed by atoms with Gasteiger partial charge in [-0.1, -0.05) is 79.4 Å². The van der Waals surface area contributed by atoms with Crippen LogP contribution >= 0.6 is 0 Å². The minimum atomic E-state index is -4.96. The van der Waals surface area contributed by atoms with Crippen LogP contribution in [0.1, 0.15) is 29.0 Å². The molecule has 0 bridgehead atoms. The van der Waals surface area contributed by atoms with Crippen molar-refractivity contribution in [3.8, 4) is 11.5 Å². The number of benzene rings is 3. The highest BCUT2D eigenvalue weighted by molar-refractivity contribution is 6.31. The topological polar surface area (TPSA) is 63.6 Å². The zero-order valence-corrected chi connectivity index (χ0v) is 20.1. The first-order valence-electron chi connectivity index (χ1n) is 12.0. The van der Waals surface area contributed by atoms with E-state index in [0.29, 0.717) is 16.7 Å². The van der Waals surface area contributed by atoms with Gasteiger partial charge < -0.3 is 9.84 Å². The van der Waals surface area contributed by atoms with Crippen LogP contribution in [0.5, 0.6) is 11.5 Å². The fourth-order valence-electron chi connectivity index (χ4n) is 5.81. The summed E-state index contributed by atoms with van der Waals surface area (Å²) in [6.45, 7) is 3.87. The number of phenols is 1. The molecule has 5 rings (SSSR count). The molecule has 4 nitrogen and oxygen atoms in total. The molecule has 0 fully saturated rings. The number of ether oxygens (including phenoxy) is 1. The van der Waals surface area contributed by atoms with Crippen molar-refractivity contribution in [2.24, 2.45) is 5.92 Å². The van der Waals surface area contributed by atoms with Crippen LogP contribution < -0.4 is 4.74 Å². The van der Waals surface area contributed by atoms with Gasteiger partial charge in [0.2, 0.25) is 0 Å². The maximum absolute atomic E-state index is 14.4. The van der Waals surface area contributed by atoms with E-state index < -0.39 is 29.4 Å². The molecule has 38 heavy (non-hydrogen) atoms. The molecule has 0 spiro atoms. The number of rotatable bonds is 5. The molecular weight excluding hydrogens is 493 g/mol. The Bertz CT molecular complexity index is 1470. The number of carbonyl (C=O) groups is 2. The second-order valence-corrected chi connectivity index (χ2v) is 9.29. The predicted octanol–water partition coefficient (Wildman–Crippen LogP) is 6.68. The summed E-state index contributed by atoms with van der Waals surface area (Å²) in [5.74, 6) is -3.40. The highest BCUT2D eigenvalue weighted by Crippen LogP contribution is 2.58. The molecule has 3 atom stereocenters. The van der Waals surface area contributed by atoms with Crippen LogP contribution in [0.15, 0.2) is 109 Å². The summed E-state index contributed by atoms with van der Waals surface area (Å²) in [6, 6.07) is 20.7. The number of hydrogen-bond acceptors (Lipinski definition) is 4. The van der Waals surface area contributed by atoms with Crippen molar-refractivity contribution in [2.45, 2.75) is 24.1 Å². The van der Waals surface area contributed by atoms with Crippen LogP contribution in [-0.2, 0) is 15.0 Å². The molecule has 3 aromatic carbocycles. The van der Waals surface area contributed by atoms with Gasteiger partial charge in [-0.2, -0.15) is 0 Å². The summed E-state index contributed by atoms with van der Waals surface area (Å²) in [5, 5.41) is 10.9. The van der Waals surface area contributed by atoms with Crippen LogP contribution in [0.3, 0.4) is 0 Å². The first-order chi connectivity index (χ1) is 18.2. The molecule has 1 N–H and O–H groups in total. The lowest BCUT2D eigenvalue weighted by atomic mass is 9.50. The monoisotopic (exact) mass is 516 g/mol. The van der Waals surface area contributed by atoms with E-state index in [9.17, 15) is 27.9 Å². The van der Waals surface area contributed by atoms with E-state index in [1.807, 2.05) is 6.07 Å². The SMILES string of the molecule is C=CC1=CC[C@H]2C(=O)C(c3ccccc3)=CC(=O)[C@@]2(c2ccccc2)[C@H]1c1cc(OC(F)(F)F)ccc1O. The van der Waals surface area contributed by atoms with Gasteiger partial charge in [-0.15, -0.1) is 13.2 Å². The summed E-state index contributed by atoms with van der Waals surface area (Å²) in [7, 11) is 0. The maximum Gasteiger partial charge on any atom is 0.573 e. The largest absolute Gasteiger partial charge is 0.573 e. The zero-order valence-electron chi connectivity index (χ0n) is 20.1. The predicted molar refractivity (Wildman–Crippen MR) is 136 cm³/mol. The second kappa shape index (κ2) is 9.49. The first-order valence-corrected chi connectivity index (χ1v) is 12.0. The van der Waals surface area contributed by atoms with Gasteiger partial charge in [-0.05, 0) is 47.4 Å². The van der Waals surface area contributed by atoms with Crippen LogP contribution in [0.25, 0.3) is 5.57 Å². The Hall–Kier alpha value is -4.39. The summed E-state index contributed by atoms with van der Waals surface area (Å²) in [6.07, 6.45) is -0.147. The summed E-state index contributed by atoms with van der Waals surface area (Å²) in [5.41, 5.74) is 0.409. The highest BCUT2D eigenvalue weighted by atomic mass is 19.4. The second-order valence-electron chi connectivity index (χ2n) is 9.29. The number of alkyl halides is 3. The van der Waals surface area contributed by atoms with Gasteiger partial charge in [0.15, 0.2) is 11.6 Å². The molecule has 0 saturated heterocycles. The Balaban J connectivity index is 1.80. The first kappa shape index (κ1) is 25.3. The van der Waals surface area contributed by atoms with Gasteiger partial charge in [-0.25, -0.2) is 0 Å². The number of fused-ring (bicyclic) bond motifs is 1. The molecule has 0 amide bonds. The number of hydrogen-bond donors (Lipinski definition) is 1. The minimum Gasteiger partial charge on any atom is -0.508 e. The van der Waals surface area contributed by atoms with Crippen molar-refractivity contribution >= 4 is 17.1 Å². The third-order valence-corrected chi connectivity index (χ3v) is 7.31. The third-order valence-electron chi connectivity index (χ3n) is 7.31. The van der Waals surface area contributed by atoms with Gasteiger partial charge in [0.25, 0.3) is 0 Å².